The molecule has 0 amide bonds. The fourth-order valence-corrected chi connectivity index (χ4v) is 3.16. The Balaban J connectivity index is 1.87. The second-order valence-corrected chi connectivity index (χ2v) is 6.45. The summed E-state index contributed by atoms with van der Waals surface area (Å²) in [6.07, 6.45) is 5.51. The van der Waals surface area contributed by atoms with Crippen molar-refractivity contribution < 1.29 is 14.3 Å². The molecule has 2 aliphatic rings. The van der Waals surface area contributed by atoms with Crippen LogP contribution >= 0.6 is 0 Å². The van der Waals surface area contributed by atoms with E-state index in [2.05, 4.69) is 20.8 Å². The monoisotopic (exact) mass is 266 g/mol. The van der Waals surface area contributed by atoms with Gasteiger partial charge in [-0.3, -0.25) is 4.79 Å². The predicted molar refractivity (Wildman–Crippen MR) is 74.7 cm³/mol. The molecule has 2 aliphatic carbocycles. The van der Waals surface area contributed by atoms with E-state index in [0.29, 0.717) is 24.4 Å². The van der Waals surface area contributed by atoms with Crippen molar-refractivity contribution in [2.24, 2.45) is 23.7 Å². The Hall–Kier alpha value is -0.830. The van der Waals surface area contributed by atoms with Crippen LogP contribution < -0.4 is 0 Å². The zero-order valence-corrected chi connectivity index (χ0v) is 12.5. The summed E-state index contributed by atoms with van der Waals surface area (Å²) in [6, 6.07) is 0. The van der Waals surface area contributed by atoms with Gasteiger partial charge in [0.15, 0.2) is 0 Å². The van der Waals surface area contributed by atoms with Crippen molar-refractivity contribution in [3.63, 3.8) is 0 Å². The fraction of sp³-hybridized carbons (Fsp3) is 0.812. The summed E-state index contributed by atoms with van der Waals surface area (Å²) in [6.45, 7) is 7.26. The van der Waals surface area contributed by atoms with Gasteiger partial charge in [0.25, 0.3) is 0 Å². The van der Waals surface area contributed by atoms with Gasteiger partial charge in [-0.15, -0.1) is 0 Å². The number of carbonyl (C=O) groups is 1. The molecule has 3 heteroatoms. The highest BCUT2D eigenvalue weighted by Gasteiger charge is 2.38. The summed E-state index contributed by atoms with van der Waals surface area (Å²) in [4.78, 5) is 12.1. The molecule has 0 aromatic carbocycles. The van der Waals surface area contributed by atoms with Gasteiger partial charge in [-0.25, -0.2) is 0 Å². The van der Waals surface area contributed by atoms with Gasteiger partial charge in [0.05, 0.1) is 12.5 Å². The smallest absolute Gasteiger partial charge is 0.317 e. The van der Waals surface area contributed by atoms with Crippen LogP contribution in [0.1, 0.15) is 40.0 Å². The number of carbonyl (C=O) groups excluding carboxylic acids is 1. The van der Waals surface area contributed by atoms with E-state index in [9.17, 15) is 4.79 Å². The maximum Gasteiger partial charge on any atom is 0.317 e. The Labute approximate surface area is 116 Å². The molecule has 2 rings (SSSR count). The maximum absolute atomic E-state index is 12.1. The van der Waals surface area contributed by atoms with Gasteiger partial charge in [-0.1, -0.05) is 33.3 Å². The second-order valence-electron chi connectivity index (χ2n) is 6.45. The largest absolute Gasteiger partial charge is 0.461 e. The van der Waals surface area contributed by atoms with E-state index < -0.39 is 0 Å². The molecule has 0 bridgehead atoms. The predicted octanol–water partition coefficient (Wildman–Crippen LogP) is 3.19. The Kier molecular flexibility index (Phi) is 4.67. The Morgan fingerprint density at radius 3 is 2.79 bits per heavy atom. The Bertz CT molecular complexity index is 359. The molecule has 19 heavy (non-hydrogen) atoms. The Morgan fingerprint density at radius 1 is 1.42 bits per heavy atom. The fourth-order valence-electron chi connectivity index (χ4n) is 3.16. The highest BCUT2D eigenvalue weighted by Crippen LogP contribution is 2.37. The van der Waals surface area contributed by atoms with E-state index in [1.54, 1.807) is 7.11 Å². The van der Waals surface area contributed by atoms with E-state index in [4.69, 9.17) is 9.47 Å². The summed E-state index contributed by atoms with van der Waals surface area (Å²) in [5, 5.41) is 0. The third-order valence-electron chi connectivity index (χ3n) is 4.46. The topological polar surface area (TPSA) is 35.5 Å². The van der Waals surface area contributed by atoms with Crippen molar-refractivity contribution in [1.29, 1.82) is 0 Å². The van der Waals surface area contributed by atoms with Gasteiger partial charge >= 0.3 is 5.97 Å². The second kappa shape index (κ2) is 6.08. The first-order valence-corrected chi connectivity index (χ1v) is 7.43. The number of esters is 1. The van der Waals surface area contributed by atoms with Crippen LogP contribution in [-0.4, -0.2) is 25.8 Å². The van der Waals surface area contributed by atoms with Crippen LogP contribution in [0.2, 0.25) is 0 Å². The summed E-state index contributed by atoms with van der Waals surface area (Å²) in [7, 11) is 1.65. The molecule has 0 spiro atoms. The van der Waals surface area contributed by atoms with Gasteiger partial charge < -0.3 is 9.47 Å². The molecular formula is C16H26O3. The first-order chi connectivity index (χ1) is 9.02. The first kappa shape index (κ1) is 14.6. The molecule has 1 saturated carbocycles. The number of ether oxygens (including phenoxy) is 2. The molecule has 0 aromatic rings. The quantitative estimate of drug-likeness (QED) is 0.566. The molecule has 0 saturated heterocycles. The highest BCUT2D eigenvalue weighted by atomic mass is 16.5. The van der Waals surface area contributed by atoms with E-state index >= 15 is 0 Å². The molecule has 0 N–H and O–H groups in total. The molecule has 0 radical (unpaired) electrons. The zero-order valence-electron chi connectivity index (χ0n) is 12.5. The minimum absolute atomic E-state index is 0.0724. The summed E-state index contributed by atoms with van der Waals surface area (Å²) < 4.78 is 10.8. The van der Waals surface area contributed by atoms with E-state index in [0.717, 1.165) is 12.0 Å². The standard InChI is InChI=1S/C16H26O3/c1-10(2)13-6-5-11(3)7-15(13)19-16(17)14-8-12(14)9-18-4/h8,10-11,13-15H,5-7,9H2,1-4H3/t11-,13+,14-,15-/m1/s1. The number of methoxy groups -OCH3 is 1. The first-order valence-electron chi connectivity index (χ1n) is 7.43. The van der Waals surface area contributed by atoms with Gasteiger partial charge in [0.2, 0.25) is 0 Å². The van der Waals surface area contributed by atoms with Crippen molar-refractivity contribution in [2.75, 3.05) is 13.7 Å². The summed E-state index contributed by atoms with van der Waals surface area (Å²) in [5.74, 6) is 1.58. The van der Waals surface area contributed by atoms with E-state index in [1.165, 1.54) is 12.8 Å². The lowest BCUT2D eigenvalue weighted by molar-refractivity contribution is -0.157. The van der Waals surface area contributed by atoms with Crippen LogP contribution in [0, 0.1) is 23.7 Å². The third kappa shape index (κ3) is 3.59. The van der Waals surface area contributed by atoms with Crippen LogP contribution in [-0.2, 0) is 14.3 Å². The van der Waals surface area contributed by atoms with Crippen LogP contribution in [0.4, 0.5) is 0 Å². The zero-order chi connectivity index (χ0) is 14.0. The SMILES string of the molecule is COCC1=C[C@H]1C(=O)O[C@@H]1C[C@H](C)CC[C@H]1C(C)C. The molecule has 4 atom stereocenters. The lowest BCUT2D eigenvalue weighted by atomic mass is 9.75. The Morgan fingerprint density at radius 2 is 2.16 bits per heavy atom. The van der Waals surface area contributed by atoms with Crippen LogP contribution in [0.25, 0.3) is 0 Å². The number of hydrogen-bond donors (Lipinski definition) is 0. The van der Waals surface area contributed by atoms with Crippen molar-refractivity contribution in [3.05, 3.63) is 11.6 Å². The van der Waals surface area contributed by atoms with Crippen molar-refractivity contribution in [2.45, 2.75) is 46.1 Å². The molecule has 0 unspecified atom stereocenters. The molecule has 1 fully saturated rings. The number of rotatable bonds is 5. The molecular weight excluding hydrogens is 240 g/mol. The van der Waals surface area contributed by atoms with Crippen molar-refractivity contribution >= 4 is 5.97 Å². The third-order valence-corrected chi connectivity index (χ3v) is 4.46. The van der Waals surface area contributed by atoms with E-state index in [-0.39, 0.29) is 18.0 Å². The lowest BCUT2D eigenvalue weighted by Crippen LogP contribution is -2.36. The van der Waals surface area contributed by atoms with Crippen LogP contribution in [0.5, 0.6) is 0 Å². The minimum atomic E-state index is -0.106. The molecule has 0 aromatic heterocycles. The number of hydrogen-bond acceptors (Lipinski definition) is 3. The van der Waals surface area contributed by atoms with Gasteiger partial charge in [0, 0.05) is 7.11 Å². The van der Waals surface area contributed by atoms with Crippen LogP contribution in [0.15, 0.2) is 11.6 Å². The lowest BCUT2D eigenvalue weighted by Gasteiger charge is -2.36. The minimum Gasteiger partial charge on any atom is -0.461 e. The highest BCUT2D eigenvalue weighted by molar-refractivity contribution is 5.83. The van der Waals surface area contributed by atoms with Crippen molar-refractivity contribution in [3.8, 4) is 0 Å². The van der Waals surface area contributed by atoms with Gasteiger partial charge in [-0.2, -0.15) is 0 Å². The molecule has 0 aliphatic heterocycles. The van der Waals surface area contributed by atoms with Gasteiger partial charge in [-0.05, 0) is 36.2 Å². The van der Waals surface area contributed by atoms with Gasteiger partial charge in [0.1, 0.15) is 6.10 Å². The van der Waals surface area contributed by atoms with Crippen LogP contribution in [0.3, 0.4) is 0 Å². The molecule has 108 valence electrons. The maximum atomic E-state index is 12.1. The average molecular weight is 266 g/mol. The van der Waals surface area contributed by atoms with Crippen molar-refractivity contribution in [1.82, 2.24) is 0 Å². The average Bonchev–Trinajstić information content (AvgIpc) is 3.08. The normalized spacial score (nSPS) is 34.1. The molecule has 0 heterocycles. The van der Waals surface area contributed by atoms with E-state index in [1.807, 2.05) is 6.08 Å². The summed E-state index contributed by atoms with van der Waals surface area (Å²) >= 11 is 0. The summed E-state index contributed by atoms with van der Waals surface area (Å²) in [5.41, 5.74) is 1.07. The molecule has 3 nitrogen and oxygen atoms in total.